The molecule has 0 bridgehead atoms. The van der Waals surface area contributed by atoms with Gasteiger partial charge >= 0.3 is 24.2 Å². The fourth-order valence-electron chi connectivity index (χ4n) is 5.40. The van der Waals surface area contributed by atoms with E-state index in [-0.39, 0.29) is 50.6 Å². The minimum Gasteiger partial charge on any atom is -0.459 e. The molecule has 0 spiro atoms. The van der Waals surface area contributed by atoms with E-state index in [1.165, 1.54) is 39.0 Å². The van der Waals surface area contributed by atoms with Gasteiger partial charge < -0.3 is 23.8 Å². The Bertz CT molecular complexity index is 1690. The van der Waals surface area contributed by atoms with E-state index >= 15 is 0 Å². The Kier molecular flexibility index (Phi) is 12.8. The normalized spacial score (nSPS) is 15.2. The number of esters is 1. The molecule has 2 atom stereocenters. The fourth-order valence-corrected chi connectivity index (χ4v) is 5.40. The number of benzene rings is 3. The van der Waals surface area contributed by atoms with Gasteiger partial charge in [0.15, 0.2) is 0 Å². The molecule has 3 aromatic carbocycles. The van der Waals surface area contributed by atoms with Gasteiger partial charge in [-0.2, -0.15) is 0 Å². The number of nitrogens with zero attached hydrogens (tertiary/aromatic N) is 4. The van der Waals surface area contributed by atoms with Crippen LogP contribution < -0.4 is 4.74 Å². The van der Waals surface area contributed by atoms with E-state index < -0.39 is 52.5 Å². The number of nitro benzene ring substituents is 1. The molecule has 52 heavy (non-hydrogen) atoms. The molecule has 1 fully saturated rings. The Morgan fingerprint density at radius 1 is 0.808 bits per heavy atom. The summed E-state index contributed by atoms with van der Waals surface area (Å²) in [7, 11) is 0. The zero-order valence-electron chi connectivity index (χ0n) is 30.4. The summed E-state index contributed by atoms with van der Waals surface area (Å²) in [6.45, 7) is 10.1. The number of carbonyl (C=O) groups is 4. The van der Waals surface area contributed by atoms with Crippen molar-refractivity contribution < 1.29 is 43.0 Å². The largest absolute Gasteiger partial charge is 0.459 e. The number of non-ortho nitro benzene ring substituents is 1. The van der Waals surface area contributed by atoms with Crippen LogP contribution in [0.1, 0.15) is 52.7 Å². The number of amides is 3. The number of nitro groups is 1. The molecule has 1 saturated heterocycles. The zero-order chi connectivity index (χ0) is 38.1. The van der Waals surface area contributed by atoms with Gasteiger partial charge in [-0.3, -0.25) is 19.9 Å². The van der Waals surface area contributed by atoms with Gasteiger partial charge in [0, 0.05) is 44.7 Å². The molecule has 1 heterocycles. The van der Waals surface area contributed by atoms with E-state index in [0.29, 0.717) is 5.56 Å². The van der Waals surface area contributed by atoms with Crippen LogP contribution in [0.3, 0.4) is 0 Å². The fraction of sp³-hybridized carbons (Fsp3) is 0.421. The van der Waals surface area contributed by atoms with E-state index in [2.05, 4.69) is 0 Å². The van der Waals surface area contributed by atoms with Gasteiger partial charge in [0.2, 0.25) is 0 Å². The van der Waals surface area contributed by atoms with Gasteiger partial charge in [0.05, 0.1) is 11.0 Å². The lowest BCUT2D eigenvalue weighted by Crippen LogP contribution is -2.63. The molecule has 14 heteroatoms. The first kappa shape index (κ1) is 39.1. The average molecular weight is 719 g/mol. The predicted molar refractivity (Wildman–Crippen MR) is 191 cm³/mol. The molecule has 3 amide bonds. The maximum atomic E-state index is 14.2. The van der Waals surface area contributed by atoms with Gasteiger partial charge in [-0.05, 0) is 64.8 Å². The third-order valence-corrected chi connectivity index (χ3v) is 7.80. The van der Waals surface area contributed by atoms with Crippen molar-refractivity contribution in [2.45, 2.75) is 77.9 Å². The standard InChI is InChI=1S/C38H46N4O10/c1-37(2,3)51-34(44)39-21-22-40(36(46)52-38(4,5)6)30(24-39)25-41(35(45)50-31-19-17-29(18-20-31)42(47)48)32(23-27-13-9-7-10-14-27)33(43)49-26-28-15-11-8-12-16-28/h7-20,30,32H,21-26H2,1-6H3. The van der Waals surface area contributed by atoms with Gasteiger partial charge in [0.1, 0.15) is 29.6 Å². The average Bonchev–Trinajstić information content (AvgIpc) is 3.08. The summed E-state index contributed by atoms with van der Waals surface area (Å²) in [5.74, 6) is -0.753. The smallest absolute Gasteiger partial charge is 0.416 e. The number of piperazine rings is 1. The lowest BCUT2D eigenvalue weighted by molar-refractivity contribution is -0.384. The van der Waals surface area contributed by atoms with Crippen molar-refractivity contribution in [2.24, 2.45) is 0 Å². The van der Waals surface area contributed by atoms with Crippen LogP contribution in [0.25, 0.3) is 0 Å². The van der Waals surface area contributed by atoms with Gasteiger partial charge in [-0.25, -0.2) is 19.2 Å². The van der Waals surface area contributed by atoms with Crippen molar-refractivity contribution in [3.8, 4) is 5.75 Å². The maximum Gasteiger partial charge on any atom is 0.416 e. The number of carbonyl (C=O) groups excluding carboxylic acids is 4. The van der Waals surface area contributed by atoms with E-state index in [9.17, 15) is 29.3 Å². The summed E-state index contributed by atoms with van der Waals surface area (Å²) in [6, 6.07) is 20.8. The van der Waals surface area contributed by atoms with Crippen LogP contribution in [0.2, 0.25) is 0 Å². The monoisotopic (exact) mass is 718 g/mol. The second-order valence-corrected chi connectivity index (χ2v) is 14.3. The summed E-state index contributed by atoms with van der Waals surface area (Å²) in [4.78, 5) is 69.9. The molecule has 2 unspecified atom stereocenters. The summed E-state index contributed by atoms with van der Waals surface area (Å²) in [5.41, 5.74) is -0.416. The van der Waals surface area contributed by atoms with Crippen LogP contribution in [0.4, 0.5) is 20.1 Å². The Morgan fingerprint density at radius 3 is 1.92 bits per heavy atom. The number of ether oxygens (including phenoxy) is 4. The topological polar surface area (TPSA) is 158 Å². The molecule has 0 saturated carbocycles. The molecule has 0 N–H and O–H groups in total. The minimum atomic E-state index is -1.27. The number of hydrogen-bond donors (Lipinski definition) is 0. The van der Waals surface area contributed by atoms with Gasteiger partial charge in [-0.15, -0.1) is 0 Å². The second-order valence-electron chi connectivity index (χ2n) is 14.3. The molecule has 4 rings (SSSR count). The maximum absolute atomic E-state index is 14.2. The number of hydrogen-bond acceptors (Lipinski definition) is 10. The highest BCUT2D eigenvalue weighted by Gasteiger charge is 2.41. The Hall–Kier alpha value is -5.66. The first-order chi connectivity index (χ1) is 24.5. The van der Waals surface area contributed by atoms with Crippen LogP contribution in [0.5, 0.6) is 5.75 Å². The van der Waals surface area contributed by atoms with E-state index in [0.717, 1.165) is 5.56 Å². The van der Waals surface area contributed by atoms with E-state index in [4.69, 9.17) is 18.9 Å². The van der Waals surface area contributed by atoms with Crippen molar-refractivity contribution in [3.05, 3.63) is 106 Å². The van der Waals surface area contributed by atoms with E-state index in [1.54, 1.807) is 77.9 Å². The minimum absolute atomic E-state index is 0.0127. The van der Waals surface area contributed by atoms with Gasteiger partial charge in [-0.1, -0.05) is 60.7 Å². The molecule has 278 valence electrons. The highest BCUT2D eigenvalue weighted by Crippen LogP contribution is 2.24. The summed E-state index contributed by atoms with van der Waals surface area (Å²) >= 11 is 0. The van der Waals surface area contributed by atoms with Crippen molar-refractivity contribution >= 4 is 29.9 Å². The lowest BCUT2D eigenvalue weighted by atomic mass is 10.0. The first-order valence-electron chi connectivity index (χ1n) is 16.9. The van der Waals surface area contributed by atoms with Crippen LogP contribution in [0.15, 0.2) is 84.9 Å². The van der Waals surface area contributed by atoms with Crippen LogP contribution >= 0.6 is 0 Å². The lowest BCUT2D eigenvalue weighted by Gasteiger charge is -2.44. The number of rotatable bonds is 10. The van der Waals surface area contributed by atoms with Gasteiger partial charge in [0.25, 0.3) is 5.69 Å². The molecule has 1 aliphatic heterocycles. The summed E-state index contributed by atoms with van der Waals surface area (Å²) < 4.78 is 22.8. The molecule has 0 aromatic heterocycles. The zero-order valence-corrected chi connectivity index (χ0v) is 30.4. The summed E-state index contributed by atoms with van der Waals surface area (Å²) in [6.07, 6.45) is -2.25. The Balaban J connectivity index is 1.75. The van der Waals surface area contributed by atoms with E-state index in [1.807, 2.05) is 24.3 Å². The second kappa shape index (κ2) is 17.0. The van der Waals surface area contributed by atoms with Crippen molar-refractivity contribution in [1.29, 1.82) is 0 Å². The molecular formula is C38H46N4O10. The van der Waals surface area contributed by atoms with Crippen molar-refractivity contribution in [1.82, 2.24) is 14.7 Å². The molecule has 0 aliphatic carbocycles. The summed E-state index contributed by atoms with van der Waals surface area (Å²) in [5, 5.41) is 11.2. The molecule has 14 nitrogen and oxygen atoms in total. The highest BCUT2D eigenvalue weighted by atomic mass is 16.6. The molecule has 1 aliphatic rings. The quantitative estimate of drug-likeness (QED) is 0.0967. The van der Waals surface area contributed by atoms with Crippen LogP contribution in [-0.4, -0.2) is 93.3 Å². The Labute approximate surface area is 303 Å². The van der Waals surface area contributed by atoms with Crippen LogP contribution in [-0.2, 0) is 32.0 Å². The predicted octanol–water partition coefficient (Wildman–Crippen LogP) is 6.61. The Morgan fingerprint density at radius 2 is 1.37 bits per heavy atom. The van der Waals surface area contributed by atoms with Crippen molar-refractivity contribution in [2.75, 3.05) is 26.2 Å². The van der Waals surface area contributed by atoms with Crippen LogP contribution in [0, 0.1) is 10.1 Å². The molecule has 0 radical (unpaired) electrons. The third kappa shape index (κ3) is 11.7. The molecular weight excluding hydrogens is 672 g/mol. The third-order valence-electron chi connectivity index (χ3n) is 7.80. The molecule has 3 aromatic rings. The SMILES string of the molecule is CC(C)(C)OC(=O)N1CCN(C(=O)OC(C)(C)C)C(CN(C(=O)Oc2ccc([N+](=O)[O-])cc2)C(Cc2ccccc2)C(=O)OCc2ccccc2)C1. The van der Waals surface area contributed by atoms with Crippen molar-refractivity contribution in [3.63, 3.8) is 0 Å². The highest BCUT2D eigenvalue weighted by molar-refractivity contribution is 5.83. The first-order valence-corrected chi connectivity index (χ1v) is 16.9.